The molecular weight excluding hydrogens is 420 g/mol. The molecule has 2 N–H and O–H groups in total. The molecule has 0 spiro atoms. The number of amides is 5. The number of imide groups is 1. The second-order valence-electron chi connectivity index (χ2n) is 7.94. The zero-order chi connectivity index (χ0) is 21.7. The fraction of sp³-hybridized carbons (Fsp3) is 0.273. The van der Waals surface area contributed by atoms with Crippen LogP contribution < -0.4 is 10.6 Å². The van der Waals surface area contributed by atoms with Crippen molar-refractivity contribution in [1.29, 1.82) is 0 Å². The highest BCUT2D eigenvalue weighted by atomic mass is 35.5. The monoisotopic (exact) mass is 438 g/mol. The lowest BCUT2D eigenvalue weighted by Crippen LogP contribution is -2.52. The number of carbonyl (C=O) groups excluding carboxylic acids is 4. The van der Waals surface area contributed by atoms with Crippen LogP contribution in [0.4, 0.5) is 10.5 Å². The number of piperidine rings is 1. The third-order valence-electron chi connectivity index (χ3n) is 5.99. The second-order valence-corrected chi connectivity index (χ2v) is 8.34. The average Bonchev–Trinajstić information content (AvgIpc) is 3.31. The molecule has 3 aliphatic heterocycles. The standard InChI is InChI=1S/C22H19ClN4O4/c23-17-3-1-2-12-9-26(11-16(12)17)22(31)24-14-4-5-15-13(8-14)10-27(21(15)30)18-6-7-19(28)25-20(18)29/h1-5,8,18H,6-7,9-11H2,(H,24,31)(H,25,28,29). The number of hydrogen-bond donors (Lipinski definition) is 2. The van der Waals surface area contributed by atoms with Crippen molar-refractivity contribution in [3.63, 3.8) is 0 Å². The molecule has 0 bridgehead atoms. The van der Waals surface area contributed by atoms with Crippen LogP contribution in [0, 0.1) is 0 Å². The van der Waals surface area contributed by atoms with Crippen molar-refractivity contribution in [3.8, 4) is 0 Å². The van der Waals surface area contributed by atoms with Crippen molar-refractivity contribution < 1.29 is 19.2 Å². The van der Waals surface area contributed by atoms with Crippen molar-refractivity contribution in [2.24, 2.45) is 0 Å². The number of fused-ring (bicyclic) bond motifs is 2. The van der Waals surface area contributed by atoms with Gasteiger partial charge in [0.2, 0.25) is 11.8 Å². The van der Waals surface area contributed by atoms with Gasteiger partial charge in [0.15, 0.2) is 0 Å². The summed E-state index contributed by atoms with van der Waals surface area (Å²) in [7, 11) is 0. The van der Waals surface area contributed by atoms with Gasteiger partial charge in [0.1, 0.15) is 6.04 Å². The summed E-state index contributed by atoms with van der Waals surface area (Å²) in [6.07, 6.45) is 0.520. The Morgan fingerprint density at radius 2 is 1.90 bits per heavy atom. The minimum Gasteiger partial charge on any atom is -0.322 e. The van der Waals surface area contributed by atoms with Crippen molar-refractivity contribution >= 4 is 41.0 Å². The Morgan fingerprint density at radius 1 is 1.06 bits per heavy atom. The van der Waals surface area contributed by atoms with Gasteiger partial charge < -0.3 is 15.1 Å². The molecule has 0 saturated carbocycles. The molecule has 158 valence electrons. The minimum atomic E-state index is -0.663. The summed E-state index contributed by atoms with van der Waals surface area (Å²) in [5.41, 5.74) is 3.80. The lowest BCUT2D eigenvalue weighted by Gasteiger charge is -2.29. The average molecular weight is 439 g/mol. The van der Waals surface area contributed by atoms with Gasteiger partial charge in [-0.2, -0.15) is 0 Å². The van der Waals surface area contributed by atoms with E-state index in [0.717, 1.165) is 16.7 Å². The van der Waals surface area contributed by atoms with Gasteiger partial charge in [-0.15, -0.1) is 0 Å². The molecule has 8 nitrogen and oxygen atoms in total. The number of anilines is 1. The van der Waals surface area contributed by atoms with Gasteiger partial charge in [-0.1, -0.05) is 23.7 Å². The van der Waals surface area contributed by atoms with Gasteiger partial charge in [-0.3, -0.25) is 19.7 Å². The van der Waals surface area contributed by atoms with Crippen LogP contribution in [0.3, 0.4) is 0 Å². The van der Waals surface area contributed by atoms with Crippen molar-refractivity contribution in [2.75, 3.05) is 5.32 Å². The SMILES string of the molecule is O=C1CCC(N2Cc3cc(NC(=O)N4Cc5cccc(Cl)c5C4)ccc3C2=O)C(=O)N1. The van der Waals surface area contributed by atoms with E-state index >= 15 is 0 Å². The van der Waals surface area contributed by atoms with Crippen LogP contribution in [0.1, 0.15) is 39.9 Å². The predicted octanol–water partition coefficient (Wildman–Crippen LogP) is 2.65. The summed E-state index contributed by atoms with van der Waals surface area (Å²) < 4.78 is 0. The van der Waals surface area contributed by atoms with Gasteiger partial charge in [-0.25, -0.2) is 4.79 Å². The molecule has 3 heterocycles. The number of urea groups is 1. The zero-order valence-electron chi connectivity index (χ0n) is 16.5. The highest BCUT2D eigenvalue weighted by Gasteiger charge is 2.39. The molecule has 5 amide bonds. The first-order valence-electron chi connectivity index (χ1n) is 10.0. The number of rotatable bonds is 2. The quantitative estimate of drug-likeness (QED) is 0.704. The maximum absolute atomic E-state index is 12.8. The molecule has 1 saturated heterocycles. The van der Waals surface area contributed by atoms with Crippen LogP contribution in [-0.4, -0.2) is 39.6 Å². The molecular formula is C22H19ClN4O4. The van der Waals surface area contributed by atoms with E-state index in [1.165, 1.54) is 4.90 Å². The number of nitrogens with zero attached hydrogens (tertiary/aromatic N) is 2. The van der Waals surface area contributed by atoms with Crippen LogP contribution in [0.2, 0.25) is 5.02 Å². The lowest BCUT2D eigenvalue weighted by molar-refractivity contribution is -0.136. The topological polar surface area (TPSA) is 98.8 Å². The second kappa shape index (κ2) is 7.39. The molecule has 1 fully saturated rings. The molecule has 2 aromatic rings. The maximum atomic E-state index is 12.8. The molecule has 0 radical (unpaired) electrons. The third-order valence-corrected chi connectivity index (χ3v) is 6.34. The van der Waals surface area contributed by atoms with Crippen LogP contribution in [0.15, 0.2) is 36.4 Å². The Bertz CT molecular complexity index is 1150. The van der Waals surface area contributed by atoms with Gasteiger partial charge in [0.05, 0.1) is 0 Å². The van der Waals surface area contributed by atoms with E-state index in [1.54, 1.807) is 23.1 Å². The van der Waals surface area contributed by atoms with Crippen molar-refractivity contribution in [2.45, 2.75) is 38.5 Å². The summed E-state index contributed by atoms with van der Waals surface area (Å²) in [5, 5.41) is 5.82. The van der Waals surface area contributed by atoms with Crippen molar-refractivity contribution in [1.82, 2.24) is 15.1 Å². The highest BCUT2D eigenvalue weighted by molar-refractivity contribution is 6.31. The van der Waals surface area contributed by atoms with Gasteiger partial charge >= 0.3 is 6.03 Å². The number of benzene rings is 2. The molecule has 31 heavy (non-hydrogen) atoms. The number of carbonyl (C=O) groups is 4. The Balaban J connectivity index is 1.29. The first kappa shape index (κ1) is 19.6. The van der Waals surface area contributed by atoms with Gasteiger partial charge in [-0.05, 0) is 47.4 Å². The smallest absolute Gasteiger partial charge is 0.322 e. The van der Waals surface area contributed by atoms with Crippen LogP contribution >= 0.6 is 11.6 Å². The van der Waals surface area contributed by atoms with E-state index in [-0.39, 0.29) is 30.8 Å². The maximum Gasteiger partial charge on any atom is 0.322 e. The van der Waals surface area contributed by atoms with Gasteiger partial charge in [0.25, 0.3) is 5.91 Å². The number of nitrogens with one attached hydrogen (secondary N) is 2. The molecule has 0 aliphatic carbocycles. The first-order chi connectivity index (χ1) is 14.9. The summed E-state index contributed by atoms with van der Waals surface area (Å²) in [4.78, 5) is 52.2. The molecule has 1 atom stereocenters. The molecule has 0 aromatic heterocycles. The molecule has 9 heteroatoms. The number of hydrogen-bond acceptors (Lipinski definition) is 4. The summed E-state index contributed by atoms with van der Waals surface area (Å²) >= 11 is 6.23. The fourth-order valence-electron chi connectivity index (χ4n) is 4.38. The van der Waals surface area contributed by atoms with E-state index < -0.39 is 11.9 Å². The van der Waals surface area contributed by atoms with Crippen molar-refractivity contribution in [3.05, 3.63) is 63.7 Å². The van der Waals surface area contributed by atoms with Crippen LogP contribution in [0.25, 0.3) is 0 Å². The Hall–Kier alpha value is -3.39. The normalized spacial score (nSPS) is 19.9. The highest BCUT2D eigenvalue weighted by Crippen LogP contribution is 2.31. The molecule has 1 unspecified atom stereocenters. The van der Waals surface area contributed by atoms with E-state index in [0.29, 0.717) is 35.8 Å². The zero-order valence-corrected chi connectivity index (χ0v) is 17.2. The predicted molar refractivity (Wildman–Crippen MR) is 112 cm³/mol. The third kappa shape index (κ3) is 3.42. The molecule has 3 aliphatic rings. The Labute approximate surface area is 183 Å². The largest absolute Gasteiger partial charge is 0.322 e. The van der Waals surface area contributed by atoms with E-state index in [1.807, 2.05) is 18.2 Å². The molecule has 5 rings (SSSR count). The summed E-state index contributed by atoms with van der Waals surface area (Å²) in [6.45, 7) is 1.18. The van der Waals surface area contributed by atoms with Crippen LogP contribution in [-0.2, 0) is 29.2 Å². The Kier molecular flexibility index (Phi) is 4.66. The van der Waals surface area contributed by atoms with Gasteiger partial charge in [0, 0.05) is 42.3 Å². The summed E-state index contributed by atoms with van der Waals surface area (Å²) in [5.74, 6) is -1.01. The Morgan fingerprint density at radius 3 is 2.68 bits per heavy atom. The lowest BCUT2D eigenvalue weighted by atomic mass is 10.0. The van der Waals surface area contributed by atoms with E-state index in [2.05, 4.69) is 10.6 Å². The van der Waals surface area contributed by atoms with E-state index in [9.17, 15) is 19.2 Å². The number of halogens is 1. The van der Waals surface area contributed by atoms with Crippen LogP contribution in [0.5, 0.6) is 0 Å². The summed E-state index contributed by atoms with van der Waals surface area (Å²) in [6, 6.07) is 9.82. The van der Waals surface area contributed by atoms with E-state index in [4.69, 9.17) is 11.6 Å². The minimum absolute atomic E-state index is 0.208. The first-order valence-corrected chi connectivity index (χ1v) is 10.4. The molecule has 2 aromatic carbocycles. The fourth-order valence-corrected chi connectivity index (χ4v) is 4.63.